The SMILES string of the molecule is COc1c(CCC2CCCC2)cc(C(F)(F)F)cc1NC(=O)c1ccc(C)c(-n2cc(-c3cnn(C)c3C)nn2)c1. The van der Waals surface area contributed by atoms with E-state index in [0.717, 1.165) is 61.1 Å². The average molecular weight is 567 g/mol. The number of rotatable bonds is 8. The van der Waals surface area contributed by atoms with E-state index in [2.05, 4.69) is 20.7 Å². The predicted molar refractivity (Wildman–Crippen MR) is 149 cm³/mol. The van der Waals surface area contributed by atoms with Gasteiger partial charge in [-0.15, -0.1) is 5.10 Å². The molecule has 11 heteroatoms. The molecule has 2 heterocycles. The van der Waals surface area contributed by atoms with Crippen molar-refractivity contribution in [2.24, 2.45) is 13.0 Å². The van der Waals surface area contributed by atoms with E-state index in [9.17, 15) is 18.0 Å². The van der Waals surface area contributed by atoms with E-state index in [1.54, 1.807) is 40.0 Å². The molecule has 1 N–H and O–H groups in total. The number of anilines is 1. The third kappa shape index (κ3) is 5.98. The third-order valence-electron chi connectivity index (χ3n) is 7.96. The number of hydrogen-bond acceptors (Lipinski definition) is 5. The highest BCUT2D eigenvalue weighted by Gasteiger charge is 2.33. The Kier molecular flexibility index (Phi) is 7.88. The van der Waals surface area contributed by atoms with Gasteiger partial charge in [-0.3, -0.25) is 9.48 Å². The van der Waals surface area contributed by atoms with Crippen molar-refractivity contribution in [1.29, 1.82) is 0 Å². The predicted octanol–water partition coefficient (Wildman–Crippen LogP) is 6.69. The number of aryl methyl sites for hydroxylation is 3. The number of halogens is 3. The van der Waals surface area contributed by atoms with E-state index in [1.165, 1.54) is 7.11 Å². The second-order valence-corrected chi connectivity index (χ2v) is 10.7. The van der Waals surface area contributed by atoms with Crippen molar-refractivity contribution in [1.82, 2.24) is 24.8 Å². The van der Waals surface area contributed by atoms with Crippen LogP contribution in [0.4, 0.5) is 18.9 Å². The van der Waals surface area contributed by atoms with Crippen LogP contribution in [0, 0.1) is 19.8 Å². The Balaban J connectivity index is 1.44. The number of aromatic nitrogens is 5. The molecule has 0 saturated heterocycles. The standard InChI is InChI=1S/C30H33F3N6O2/c1-18-9-11-22(14-27(18)39-17-26(36-37-39)24-16-34-38(3)19(24)2)29(40)35-25-15-23(30(31,32)33)13-21(28(25)41-4)12-10-20-7-5-6-8-20/h9,11,13-17,20H,5-8,10,12H2,1-4H3,(H,35,40). The summed E-state index contributed by atoms with van der Waals surface area (Å²) >= 11 is 0. The van der Waals surface area contributed by atoms with Crippen LogP contribution in [0.25, 0.3) is 16.9 Å². The second-order valence-electron chi connectivity index (χ2n) is 10.7. The first-order chi connectivity index (χ1) is 19.5. The zero-order valence-electron chi connectivity index (χ0n) is 23.5. The minimum absolute atomic E-state index is 0.00836. The average Bonchev–Trinajstić information content (AvgIpc) is 3.70. The van der Waals surface area contributed by atoms with Gasteiger partial charge in [-0.25, -0.2) is 4.68 Å². The molecule has 216 valence electrons. The van der Waals surface area contributed by atoms with Crippen molar-refractivity contribution in [3.63, 3.8) is 0 Å². The molecule has 4 aromatic rings. The number of nitrogens with zero attached hydrogens (tertiary/aromatic N) is 5. The highest BCUT2D eigenvalue weighted by Crippen LogP contribution is 2.40. The summed E-state index contributed by atoms with van der Waals surface area (Å²) in [6, 6.07) is 7.10. The lowest BCUT2D eigenvalue weighted by atomic mass is 9.96. The van der Waals surface area contributed by atoms with Crippen LogP contribution in [0.5, 0.6) is 5.75 Å². The van der Waals surface area contributed by atoms with Gasteiger partial charge in [-0.05, 0) is 68.0 Å². The fraction of sp³-hybridized carbons (Fsp3) is 0.400. The largest absolute Gasteiger partial charge is 0.494 e. The van der Waals surface area contributed by atoms with E-state index >= 15 is 0 Å². The van der Waals surface area contributed by atoms with Crippen molar-refractivity contribution in [2.75, 3.05) is 12.4 Å². The van der Waals surface area contributed by atoms with Crippen LogP contribution in [0.2, 0.25) is 0 Å². The molecule has 0 bridgehead atoms. The van der Waals surface area contributed by atoms with E-state index in [1.807, 2.05) is 20.9 Å². The van der Waals surface area contributed by atoms with Crippen molar-refractivity contribution < 1.29 is 22.7 Å². The van der Waals surface area contributed by atoms with E-state index in [0.29, 0.717) is 29.3 Å². The molecule has 0 unspecified atom stereocenters. The highest BCUT2D eigenvalue weighted by atomic mass is 19.4. The fourth-order valence-electron chi connectivity index (χ4n) is 5.48. The molecule has 0 aliphatic heterocycles. The molecule has 1 amide bonds. The summed E-state index contributed by atoms with van der Waals surface area (Å²) in [6.45, 7) is 3.81. The van der Waals surface area contributed by atoms with Crippen LogP contribution >= 0.6 is 0 Å². The number of methoxy groups -OCH3 is 1. The van der Waals surface area contributed by atoms with Gasteiger partial charge in [0, 0.05) is 23.9 Å². The van der Waals surface area contributed by atoms with Gasteiger partial charge < -0.3 is 10.1 Å². The summed E-state index contributed by atoms with van der Waals surface area (Å²) in [5, 5.41) is 15.4. The maximum atomic E-state index is 13.8. The smallest absolute Gasteiger partial charge is 0.416 e. The molecule has 0 atom stereocenters. The van der Waals surface area contributed by atoms with Crippen molar-refractivity contribution in [2.45, 2.75) is 58.5 Å². The van der Waals surface area contributed by atoms with Crippen LogP contribution in [0.15, 0.2) is 42.7 Å². The number of carbonyl (C=O) groups excluding carboxylic acids is 1. The first-order valence-electron chi connectivity index (χ1n) is 13.7. The van der Waals surface area contributed by atoms with E-state index in [-0.39, 0.29) is 17.0 Å². The lowest BCUT2D eigenvalue weighted by molar-refractivity contribution is -0.137. The quantitative estimate of drug-likeness (QED) is 0.257. The van der Waals surface area contributed by atoms with Gasteiger partial charge in [0.25, 0.3) is 5.91 Å². The van der Waals surface area contributed by atoms with Gasteiger partial charge in [0.15, 0.2) is 0 Å². The first kappa shape index (κ1) is 28.4. The Morgan fingerprint density at radius 1 is 1.15 bits per heavy atom. The number of ether oxygens (including phenoxy) is 1. The van der Waals surface area contributed by atoms with E-state index in [4.69, 9.17) is 4.74 Å². The molecule has 1 aliphatic carbocycles. The molecule has 1 fully saturated rings. The van der Waals surface area contributed by atoms with Crippen molar-refractivity contribution >= 4 is 11.6 Å². The minimum Gasteiger partial charge on any atom is -0.494 e. The number of alkyl halides is 3. The fourth-order valence-corrected chi connectivity index (χ4v) is 5.48. The Bertz CT molecular complexity index is 1570. The molecular weight excluding hydrogens is 533 g/mol. The molecule has 1 aliphatic rings. The lowest BCUT2D eigenvalue weighted by Crippen LogP contribution is -2.16. The molecule has 1 saturated carbocycles. The maximum Gasteiger partial charge on any atom is 0.416 e. The first-order valence-corrected chi connectivity index (χ1v) is 13.7. The maximum absolute atomic E-state index is 13.8. The number of benzene rings is 2. The number of nitrogens with one attached hydrogen (secondary N) is 1. The van der Waals surface area contributed by atoms with Crippen LogP contribution in [-0.2, 0) is 19.6 Å². The molecule has 0 radical (unpaired) electrons. The summed E-state index contributed by atoms with van der Waals surface area (Å²) in [5.74, 6) is 0.191. The summed E-state index contributed by atoms with van der Waals surface area (Å²) in [7, 11) is 3.25. The van der Waals surface area contributed by atoms with Gasteiger partial charge in [0.2, 0.25) is 0 Å². The summed E-state index contributed by atoms with van der Waals surface area (Å²) in [6.07, 6.45) is 4.62. The van der Waals surface area contributed by atoms with Gasteiger partial charge in [-0.1, -0.05) is 37.0 Å². The molecule has 41 heavy (non-hydrogen) atoms. The van der Waals surface area contributed by atoms with Crippen LogP contribution < -0.4 is 10.1 Å². The van der Waals surface area contributed by atoms with Gasteiger partial charge >= 0.3 is 6.18 Å². The van der Waals surface area contributed by atoms with Gasteiger partial charge in [0.1, 0.15) is 11.4 Å². The topological polar surface area (TPSA) is 86.9 Å². The van der Waals surface area contributed by atoms with Crippen molar-refractivity contribution in [3.05, 3.63) is 70.7 Å². The minimum atomic E-state index is -4.57. The molecule has 5 rings (SSSR count). The zero-order valence-corrected chi connectivity index (χ0v) is 23.5. The summed E-state index contributed by atoms with van der Waals surface area (Å²) in [5.41, 5.74) is 3.72. The Morgan fingerprint density at radius 2 is 1.90 bits per heavy atom. The summed E-state index contributed by atoms with van der Waals surface area (Å²) in [4.78, 5) is 13.4. The monoisotopic (exact) mass is 566 g/mol. The van der Waals surface area contributed by atoms with E-state index < -0.39 is 17.6 Å². The number of amides is 1. The van der Waals surface area contributed by atoms with Crippen LogP contribution in [0.1, 0.15) is 64.8 Å². The third-order valence-corrected chi connectivity index (χ3v) is 7.96. The highest BCUT2D eigenvalue weighted by molar-refractivity contribution is 6.05. The van der Waals surface area contributed by atoms with Gasteiger partial charge in [0.05, 0.1) is 36.4 Å². The van der Waals surface area contributed by atoms with Crippen LogP contribution in [0.3, 0.4) is 0 Å². The normalized spacial score (nSPS) is 14.0. The number of carbonyl (C=O) groups is 1. The Morgan fingerprint density at radius 3 is 2.56 bits per heavy atom. The van der Waals surface area contributed by atoms with Crippen LogP contribution in [-0.4, -0.2) is 37.8 Å². The second kappa shape index (κ2) is 11.4. The summed E-state index contributed by atoms with van der Waals surface area (Å²) < 4.78 is 50.4. The molecular formula is C30H33F3N6O2. The molecule has 0 spiro atoms. The molecule has 2 aromatic carbocycles. The van der Waals surface area contributed by atoms with Crippen molar-refractivity contribution in [3.8, 4) is 22.7 Å². The Hall–Kier alpha value is -4.15. The Labute approximate surface area is 236 Å². The lowest BCUT2D eigenvalue weighted by Gasteiger charge is -2.19. The van der Waals surface area contributed by atoms with Gasteiger partial charge in [-0.2, -0.15) is 18.3 Å². The zero-order chi connectivity index (χ0) is 29.3. The number of hydrogen-bond donors (Lipinski definition) is 1. The molecule has 8 nitrogen and oxygen atoms in total. The molecule has 2 aromatic heterocycles.